The average molecular weight is 526 g/mol. The van der Waals surface area contributed by atoms with Gasteiger partial charge in [-0.1, -0.05) is 18.2 Å². The minimum atomic E-state index is -4.56. The maximum absolute atomic E-state index is 13.1. The third kappa shape index (κ3) is 5.56. The van der Waals surface area contributed by atoms with Crippen LogP contribution in [-0.4, -0.2) is 62.8 Å². The van der Waals surface area contributed by atoms with E-state index in [1.54, 1.807) is 13.1 Å². The van der Waals surface area contributed by atoms with Crippen LogP contribution in [0.25, 0.3) is 11.4 Å². The van der Waals surface area contributed by atoms with Gasteiger partial charge in [-0.25, -0.2) is 9.67 Å². The zero-order valence-corrected chi connectivity index (χ0v) is 21.5. The van der Waals surface area contributed by atoms with Gasteiger partial charge in [-0.15, -0.1) is 0 Å². The van der Waals surface area contributed by atoms with Gasteiger partial charge >= 0.3 is 6.18 Å². The van der Waals surface area contributed by atoms with Crippen molar-refractivity contribution in [3.63, 3.8) is 0 Å². The number of allylic oxidation sites excluding steroid dienone is 1. The number of hydrogen-bond acceptors (Lipinski definition) is 6. The van der Waals surface area contributed by atoms with Crippen LogP contribution in [0.15, 0.2) is 42.7 Å². The Balaban J connectivity index is 1.27. The first-order valence-electron chi connectivity index (χ1n) is 12.8. The van der Waals surface area contributed by atoms with Crippen LogP contribution < -0.4 is 0 Å². The molecule has 0 saturated carbocycles. The lowest BCUT2D eigenvalue weighted by Gasteiger charge is -2.36. The minimum absolute atomic E-state index is 0.00912. The summed E-state index contributed by atoms with van der Waals surface area (Å²) in [7, 11) is 0. The lowest BCUT2D eigenvalue weighted by atomic mass is 9.90. The number of aromatic nitrogens is 4. The van der Waals surface area contributed by atoms with E-state index in [-0.39, 0.29) is 18.0 Å². The molecule has 38 heavy (non-hydrogen) atoms. The summed E-state index contributed by atoms with van der Waals surface area (Å²) in [6.45, 7) is 7.24. The molecule has 10 heteroatoms. The summed E-state index contributed by atoms with van der Waals surface area (Å²) in [5.41, 5.74) is 3.79. The monoisotopic (exact) mass is 525 g/mol. The molecule has 7 nitrogen and oxygen atoms in total. The van der Waals surface area contributed by atoms with Crippen LogP contribution in [0.1, 0.15) is 57.8 Å². The summed E-state index contributed by atoms with van der Waals surface area (Å²) < 4.78 is 45.9. The van der Waals surface area contributed by atoms with Crippen LogP contribution in [0.3, 0.4) is 0 Å². The number of Topliss-reactive ketones (excluding diaryl/α,β-unsaturated/α-hetero) is 1. The van der Waals surface area contributed by atoms with Gasteiger partial charge in [0.15, 0.2) is 11.6 Å². The number of nitrogens with zero attached hydrogens (tertiary/aromatic N) is 5. The van der Waals surface area contributed by atoms with E-state index in [1.807, 2.05) is 13.0 Å². The molecule has 5 rings (SSSR count). The SMILES string of the molecule is Cc1cc(CC(=O)c2cnn(-c3cccc(C(F)(F)F)n3)c2C)cnc1C1=CCC(N2CCOCC2)CC1. The molecule has 1 aliphatic carbocycles. The van der Waals surface area contributed by atoms with Crippen LogP contribution in [0.2, 0.25) is 0 Å². The van der Waals surface area contributed by atoms with Gasteiger partial charge in [0.05, 0.1) is 36.4 Å². The third-order valence-corrected chi connectivity index (χ3v) is 7.30. The molecule has 3 aromatic heterocycles. The van der Waals surface area contributed by atoms with Gasteiger partial charge in [-0.05, 0) is 61.9 Å². The number of alkyl halides is 3. The number of halogens is 3. The smallest absolute Gasteiger partial charge is 0.379 e. The van der Waals surface area contributed by atoms with Crippen molar-refractivity contribution in [1.82, 2.24) is 24.6 Å². The molecule has 0 aromatic carbocycles. The first-order chi connectivity index (χ1) is 18.2. The first-order valence-corrected chi connectivity index (χ1v) is 12.8. The van der Waals surface area contributed by atoms with E-state index in [0.717, 1.165) is 68.5 Å². The summed E-state index contributed by atoms with van der Waals surface area (Å²) in [5, 5.41) is 4.14. The quantitative estimate of drug-likeness (QED) is 0.422. The van der Waals surface area contributed by atoms with E-state index < -0.39 is 11.9 Å². The third-order valence-electron chi connectivity index (χ3n) is 7.30. The second-order valence-corrected chi connectivity index (χ2v) is 9.85. The molecule has 1 fully saturated rings. The molecule has 200 valence electrons. The van der Waals surface area contributed by atoms with Crippen molar-refractivity contribution in [3.05, 3.63) is 76.5 Å². The number of pyridine rings is 2. The normalized spacial score (nSPS) is 18.9. The van der Waals surface area contributed by atoms with Gasteiger partial charge in [0.2, 0.25) is 0 Å². The van der Waals surface area contributed by atoms with Gasteiger partial charge in [0, 0.05) is 31.7 Å². The zero-order chi connectivity index (χ0) is 26.9. The van der Waals surface area contributed by atoms with E-state index in [0.29, 0.717) is 17.3 Å². The number of carbonyl (C=O) groups excluding carboxylic acids is 1. The Bertz CT molecular complexity index is 1360. The van der Waals surface area contributed by atoms with E-state index in [1.165, 1.54) is 28.6 Å². The Morgan fingerprint density at radius 1 is 1.16 bits per heavy atom. The molecule has 1 unspecified atom stereocenters. The zero-order valence-electron chi connectivity index (χ0n) is 21.5. The maximum Gasteiger partial charge on any atom is 0.433 e. The van der Waals surface area contributed by atoms with Crippen molar-refractivity contribution in [2.24, 2.45) is 0 Å². The highest BCUT2D eigenvalue weighted by Gasteiger charge is 2.33. The summed E-state index contributed by atoms with van der Waals surface area (Å²) >= 11 is 0. The topological polar surface area (TPSA) is 73.1 Å². The molecule has 3 aromatic rings. The van der Waals surface area contributed by atoms with Crippen molar-refractivity contribution in [3.8, 4) is 5.82 Å². The predicted molar refractivity (Wildman–Crippen MR) is 136 cm³/mol. The molecule has 1 atom stereocenters. The lowest BCUT2D eigenvalue weighted by molar-refractivity contribution is -0.141. The Morgan fingerprint density at radius 2 is 1.95 bits per heavy atom. The Kier molecular flexibility index (Phi) is 7.45. The van der Waals surface area contributed by atoms with E-state index in [2.05, 4.69) is 21.1 Å². The van der Waals surface area contributed by atoms with Crippen LogP contribution in [0.4, 0.5) is 13.2 Å². The highest BCUT2D eigenvalue weighted by atomic mass is 19.4. The largest absolute Gasteiger partial charge is 0.433 e. The van der Waals surface area contributed by atoms with Gasteiger partial charge < -0.3 is 4.74 Å². The van der Waals surface area contributed by atoms with Crippen molar-refractivity contribution in [1.29, 1.82) is 0 Å². The molecule has 2 aliphatic rings. The van der Waals surface area contributed by atoms with E-state index in [4.69, 9.17) is 9.72 Å². The van der Waals surface area contributed by atoms with Crippen molar-refractivity contribution in [2.45, 2.75) is 51.7 Å². The number of carbonyl (C=O) groups is 1. The van der Waals surface area contributed by atoms with Gasteiger partial charge in [0.25, 0.3) is 0 Å². The van der Waals surface area contributed by atoms with Gasteiger partial charge in [0.1, 0.15) is 5.69 Å². The van der Waals surface area contributed by atoms with E-state index >= 15 is 0 Å². The van der Waals surface area contributed by atoms with E-state index in [9.17, 15) is 18.0 Å². The summed E-state index contributed by atoms with van der Waals surface area (Å²) in [6, 6.07) is 6.14. The Morgan fingerprint density at radius 3 is 2.63 bits per heavy atom. The number of rotatable bonds is 6. The van der Waals surface area contributed by atoms with Crippen LogP contribution in [-0.2, 0) is 17.3 Å². The van der Waals surface area contributed by atoms with Crippen molar-refractivity contribution in [2.75, 3.05) is 26.3 Å². The molecular formula is C28H30F3N5O2. The fourth-order valence-electron chi connectivity index (χ4n) is 5.27. The number of aryl methyl sites for hydroxylation is 1. The number of hydrogen-bond donors (Lipinski definition) is 0. The van der Waals surface area contributed by atoms with Gasteiger partial charge in [-0.3, -0.25) is 14.7 Å². The summed E-state index contributed by atoms with van der Waals surface area (Å²) in [6.07, 6.45) is 4.03. The van der Waals surface area contributed by atoms with Crippen molar-refractivity contribution < 1.29 is 22.7 Å². The molecule has 1 saturated heterocycles. The average Bonchev–Trinajstić information content (AvgIpc) is 3.30. The van der Waals surface area contributed by atoms with Crippen LogP contribution in [0, 0.1) is 13.8 Å². The predicted octanol–water partition coefficient (Wildman–Crippen LogP) is 4.99. The molecule has 1 aliphatic heterocycles. The molecule has 0 N–H and O–H groups in total. The Hall–Kier alpha value is -3.37. The lowest BCUT2D eigenvalue weighted by Crippen LogP contribution is -2.43. The maximum atomic E-state index is 13.1. The first kappa shape index (κ1) is 26.2. The van der Waals surface area contributed by atoms with Crippen molar-refractivity contribution >= 4 is 11.4 Å². The van der Waals surface area contributed by atoms with Gasteiger partial charge in [-0.2, -0.15) is 18.3 Å². The standard InChI is InChI=1S/C28H30F3N5O2/c1-18-14-20(16-32-27(18)21-6-8-22(9-7-21)35-10-12-38-13-11-35)15-24(37)23-17-33-36(19(23)2)26-5-3-4-25(34-26)28(29,30)31/h3-6,14,16-17,22H,7-13,15H2,1-2H3. The number of ketones is 1. The molecule has 0 radical (unpaired) electrons. The summed E-state index contributed by atoms with van der Waals surface area (Å²) in [5.74, 6) is -0.172. The number of ether oxygens (including phenoxy) is 1. The molecule has 0 amide bonds. The second-order valence-electron chi connectivity index (χ2n) is 9.85. The number of morpholine rings is 1. The van der Waals surface area contributed by atoms with Crippen LogP contribution >= 0.6 is 0 Å². The Labute approximate surface area is 219 Å². The molecule has 0 bridgehead atoms. The molecular weight excluding hydrogens is 495 g/mol. The molecule has 4 heterocycles. The highest BCUT2D eigenvalue weighted by Crippen LogP contribution is 2.31. The fourth-order valence-corrected chi connectivity index (χ4v) is 5.27. The minimum Gasteiger partial charge on any atom is -0.379 e. The van der Waals surface area contributed by atoms with Crippen LogP contribution in [0.5, 0.6) is 0 Å². The molecule has 0 spiro atoms. The highest BCUT2D eigenvalue weighted by molar-refractivity contribution is 5.98. The second kappa shape index (κ2) is 10.8. The fraction of sp³-hybridized carbons (Fsp3) is 0.429. The summed E-state index contributed by atoms with van der Waals surface area (Å²) in [4.78, 5) is 24.0.